The third-order valence-corrected chi connectivity index (χ3v) is 3.35. The van der Waals surface area contributed by atoms with Gasteiger partial charge in [0.15, 0.2) is 0 Å². The molecule has 0 aliphatic carbocycles. The fraction of sp³-hybridized carbons (Fsp3) is 0.400. The summed E-state index contributed by atoms with van der Waals surface area (Å²) in [5.74, 6) is 0. The minimum atomic E-state index is -3.48. The third-order valence-electron chi connectivity index (χ3n) is 2.19. The van der Waals surface area contributed by atoms with E-state index in [9.17, 15) is 8.42 Å². The minimum absolute atomic E-state index is 0.350. The first kappa shape index (κ1) is 12.8. The molecule has 0 unspecified atom stereocenters. The summed E-state index contributed by atoms with van der Waals surface area (Å²) in [5.41, 5.74) is 8.57. The van der Waals surface area contributed by atoms with E-state index >= 15 is 0 Å². The van der Waals surface area contributed by atoms with Gasteiger partial charge < -0.3 is 5.73 Å². The van der Waals surface area contributed by atoms with Crippen LogP contribution in [0.5, 0.6) is 0 Å². The first-order valence-electron chi connectivity index (χ1n) is 5.00. The van der Waals surface area contributed by atoms with Crippen molar-refractivity contribution in [3.05, 3.63) is 23.3 Å². The van der Waals surface area contributed by atoms with E-state index in [-0.39, 0.29) is 0 Å². The molecule has 90 valence electrons. The number of nitrogen functional groups attached to an aromatic ring is 1. The van der Waals surface area contributed by atoms with Gasteiger partial charge in [-0.3, -0.25) is 4.72 Å². The summed E-state index contributed by atoms with van der Waals surface area (Å²) in [6.07, 6.45) is 0. The molecule has 16 heavy (non-hydrogen) atoms. The molecule has 0 fully saturated rings. The lowest BCUT2D eigenvalue weighted by Crippen LogP contribution is -2.30. The lowest BCUT2D eigenvalue weighted by atomic mass is 10.1. The number of nitrogens with one attached hydrogen (secondary N) is 2. The molecule has 1 aromatic rings. The molecule has 0 bridgehead atoms. The van der Waals surface area contributed by atoms with E-state index in [0.29, 0.717) is 17.9 Å². The largest absolute Gasteiger partial charge is 0.399 e. The van der Waals surface area contributed by atoms with Gasteiger partial charge in [-0.1, -0.05) is 6.92 Å². The predicted molar refractivity (Wildman–Crippen MR) is 66.5 cm³/mol. The minimum Gasteiger partial charge on any atom is -0.399 e. The summed E-state index contributed by atoms with van der Waals surface area (Å²) in [4.78, 5) is 0. The maximum absolute atomic E-state index is 11.5. The summed E-state index contributed by atoms with van der Waals surface area (Å²) in [6.45, 7) is 5.71. The third kappa shape index (κ3) is 3.11. The van der Waals surface area contributed by atoms with Crippen molar-refractivity contribution in [3.8, 4) is 0 Å². The highest BCUT2D eigenvalue weighted by molar-refractivity contribution is 7.90. The number of nitrogens with two attached hydrogens (primary N) is 1. The zero-order valence-corrected chi connectivity index (χ0v) is 10.5. The van der Waals surface area contributed by atoms with Gasteiger partial charge in [0.25, 0.3) is 10.2 Å². The Kier molecular flexibility index (Phi) is 3.77. The molecule has 0 aliphatic rings. The second-order valence-electron chi connectivity index (χ2n) is 3.63. The zero-order valence-electron chi connectivity index (χ0n) is 9.66. The lowest BCUT2D eigenvalue weighted by molar-refractivity contribution is 0.589. The van der Waals surface area contributed by atoms with Gasteiger partial charge in [-0.15, -0.1) is 0 Å². The highest BCUT2D eigenvalue weighted by Crippen LogP contribution is 2.22. The maximum atomic E-state index is 11.5. The van der Waals surface area contributed by atoms with Crippen LogP contribution in [0.25, 0.3) is 0 Å². The second-order valence-corrected chi connectivity index (χ2v) is 5.13. The van der Waals surface area contributed by atoms with Crippen molar-refractivity contribution in [1.82, 2.24) is 4.72 Å². The number of hydrogen-bond acceptors (Lipinski definition) is 3. The smallest absolute Gasteiger partial charge is 0.299 e. The fourth-order valence-corrected chi connectivity index (χ4v) is 2.28. The zero-order chi connectivity index (χ0) is 12.3. The van der Waals surface area contributed by atoms with Crippen LogP contribution < -0.4 is 15.2 Å². The Morgan fingerprint density at radius 1 is 1.25 bits per heavy atom. The Bertz CT molecular complexity index is 483. The Morgan fingerprint density at radius 2 is 1.88 bits per heavy atom. The van der Waals surface area contributed by atoms with E-state index in [1.165, 1.54) is 0 Å². The van der Waals surface area contributed by atoms with Gasteiger partial charge in [-0.2, -0.15) is 13.1 Å². The molecule has 0 radical (unpaired) electrons. The quantitative estimate of drug-likeness (QED) is 0.694. The number of benzene rings is 1. The molecule has 0 saturated carbocycles. The molecule has 1 rings (SSSR count). The first-order valence-corrected chi connectivity index (χ1v) is 6.48. The molecule has 4 N–H and O–H groups in total. The van der Waals surface area contributed by atoms with Crippen LogP contribution in [0.1, 0.15) is 18.1 Å². The molecule has 0 saturated heterocycles. The van der Waals surface area contributed by atoms with Crippen molar-refractivity contribution >= 4 is 21.6 Å². The van der Waals surface area contributed by atoms with Crippen molar-refractivity contribution in [1.29, 1.82) is 0 Å². The average molecular weight is 243 g/mol. The van der Waals surface area contributed by atoms with E-state index in [1.807, 2.05) is 6.92 Å². The van der Waals surface area contributed by atoms with Crippen molar-refractivity contribution < 1.29 is 8.42 Å². The molecule has 0 atom stereocenters. The van der Waals surface area contributed by atoms with Crippen molar-refractivity contribution in [3.63, 3.8) is 0 Å². The number of hydrogen-bond donors (Lipinski definition) is 3. The maximum Gasteiger partial charge on any atom is 0.299 e. The van der Waals surface area contributed by atoms with Gasteiger partial charge in [-0.25, -0.2) is 0 Å². The fourth-order valence-electron chi connectivity index (χ4n) is 1.32. The van der Waals surface area contributed by atoms with Gasteiger partial charge in [0, 0.05) is 12.2 Å². The SMILES string of the molecule is CCNS(=O)(=O)Nc1cc(C)c(N)cc1C. The van der Waals surface area contributed by atoms with Crippen LogP contribution in [-0.2, 0) is 10.2 Å². The molecule has 5 nitrogen and oxygen atoms in total. The van der Waals surface area contributed by atoms with Crippen LogP contribution in [0.15, 0.2) is 12.1 Å². The van der Waals surface area contributed by atoms with E-state index in [0.717, 1.165) is 11.1 Å². The predicted octanol–water partition coefficient (Wildman–Crippen LogP) is 1.15. The highest BCUT2D eigenvalue weighted by atomic mass is 32.2. The number of aryl methyl sites for hydroxylation is 2. The van der Waals surface area contributed by atoms with Gasteiger partial charge in [0.05, 0.1) is 5.69 Å². The van der Waals surface area contributed by atoms with Crippen LogP contribution in [0.3, 0.4) is 0 Å². The van der Waals surface area contributed by atoms with E-state index in [2.05, 4.69) is 9.44 Å². The molecule has 6 heteroatoms. The van der Waals surface area contributed by atoms with Crippen LogP contribution in [-0.4, -0.2) is 15.0 Å². The summed E-state index contributed by atoms with van der Waals surface area (Å²) in [7, 11) is -3.48. The van der Waals surface area contributed by atoms with Crippen LogP contribution in [0.4, 0.5) is 11.4 Å². The number of anilines is 2. The molecule has 0 spiro atoms. The van der Waals surface area contributed by atoms with Gasteiger partial charge >= 0.3 is 0 Å². The van der Waals surface area contributed by atoms with Crippen LogP contribution in [0.2, 0.25) is 0 Å². The topological polar surface area (TPSA) is 84.2 Å². The Labute approximate surface area is 96.2 Å². The Balaban J connectivity index is 3.03. The van der Waals surface area contributed by atoms with Crippen LogP contribution >= 0.6 is 0 Å². The summed E-state index contributed by atoms with van der Waals surface area (Å²) >= 11 is 0. The van der Waals surface area contributed by atoms with Gasteiger partial charge in [0.2, 0.25) is 0 Å². The van der Waals surface area contributed by atoms with Gasteiger partial charge in [0.1, 0.15) is 0 Å². The molecule has 0 aliphatic heterocycles. The molecule has 0 aromatic heterocycles. The molecule has 0 heterocycles. The standard InChI is InChI=1S/C10H17N3O2S/c1-4-12-16(14,15)13-10-6-7(2)9(11)5-8(10)3/h5-6,12-13H,4,11H2,1-3H3. The van der Waals surface area contributed by atoms with Crippen LogP contribution in [0, 0.1) is 13.8 Å². The second kappa shape index (κ2) is 4.71. The van der Waals surface area contributed by atoms with Crippen molar-refractivity contribution in [2.75, 3.05) is 17.0 Å². The first-order chi connectivity index (χ1) is 7.35. The molecule has 1 aromatic carbocycles. The lowest BCUT2D eigenvalue weighted by Gasteiger charge is -2.12. The van der Waals surface area contributed by atoms with Gasteiger partial charge in [-0.05, 0) is 37.1 Å². The highest BCUT2D eigenvalue weighted by Gasteiger charge is 2.10. The molecule has 0 amide bonds. The molecular weight excluding hydrogens is 226 g/mol. The summed E-state index contributed by atoms with van der Waals surface area (Å²) in [6, 6.07) is 3.47. The summed E-state index contributed by atoms with van der Waals surface area (Å²) < 4.78 is 27.8. The van der Waals surface area contributed by atoms with E-state index in [4.69, 9.17) is 5.73 Å². The molecular formula is C10H17N3O2S. The Morgan fingerprint density at radius 3 is 2.44 bits per heavy atom. The van der Waals surface area contributed by atoms with E-state index < -0.39 is 10.2 Å². The van der Waals surface area contributed by atoms with E-state index in [1.54, 1.807) is 26.0 Å². The monoisotopic (exact) mass is 243 g/mol. The van der Waals surface area contributed by atoms with Crippen molar-refractivity contribution in [2.24, 2.45) is 0 Å². The Hall–Kier alpha value is -1.27. The normalized spacial score (nSPS) is 11.4. The summed E-state index contributed by atoms with van der Waals surface area (Å²) in [5, 5.41) is 0. The average Bonchev–Trinajstić information content (AvgIpc) is 2.13. The number of rotatable bonds is 4. The van der Waals surface area contributed by atoms with Crippen molar-refractivity contribution in [2.45, 2.75) is 20.8 Å².